The van der Waals surface area contributed by atoms with E-state index < -0.39 is 5.91 Å². The van der Waals surface area contributed by atoms with Gasteiger partial charge in [-0.1, -0.05) is 18.2 Å². The van der Waals surface area contributed by atoms with Crippen molar-refractivity contribution in [3.05, 3.63) is 48.7 Å². The fraction of sp³-hybridized carbons (Fsp3) is 0.176. The maximum Gasteiger partial charge on any atom is 0.292 e. The third-order valence-corrected chi connectivity index (χ3v) is 3.37. The zero-order valence-electron chi connectivity index (χ0n) is 13.6. The summed E-state index contributed by atoms with van der Waals surface area (Å²) in [5.41, 5.74) is 3.81. The molecule has 128 valence electrons. The van der Waals surface area contributed by atoms with Crippen LogP contribution in [-0.2, 0) is 9.59 Å². The highest BCUT2D eigenvalue weighted by Crippen LogP contribution is 2.20. The lowest BCUT2D eigenvalue weighted by molar-refractivity contribution is -0.118. The highest BCUT2D eigenvalue weighted by Gasteiger charge is 2.26. The van der Waals surface area contributed by atoms with Gasteiger partial charge in [0.25, 0.3) is 11.8 Å². The molecule has 0 radical (unpaired) electrons. The summed E-state index contributed by atoms with van der Waals surface area (Å²) in [6.07, 6.45) is 1.58. The summed E-state index contributed by atoms with van der Waals surface area (Å²) in [6, 6.07) is 12.4. The van der Waals surface area contributed by atoms with Gasteiger partial charge >= 0.3 is 0 Å². The van der Waals surface area contributed by atoms with Crippen LogP contribution in [0.5, 0.6) is 5.88 Å². The van der Waals surface area contributed by atoms with Crippen LogP contribution in [0.25, 0.3) is 0 Å². The highest BCUT2D eigenvalue weighted by atomic mass is 16.5. The molecule has 2 amide bonds. The number of rotatable bonds is 5. The Morgan fingerprint density at radius 3 is 2.84 bits per heavy atom. The molecule has 3 rings (SSSR count). The molecule has 0 bridgehead atoms. The van der Waals surface area contributed by atoms with Gasteiger partial charge < -0.3 is 10.1 Å². The van der Waals surface area contributed by atoms with Gasteiger partial charge in [0.1, 0.15) is 12.2 Å². The number of aliphatic imine (C=N–C) groups is 1. The topological polar surface area (TPSA) is 95.9 Å². The molecule has 2 heterocycles. The fourth-order valence-corrected chi connectivity index (χ4v) is 2.25. The van der Waals surface area contributed by atoms with Crippen LogP contribution in [0, 0.1) is 0 Å². The van der Waals surface area contributed by atoms with Gasteiger partial charge in [-0.3, -0.25) is 20.0 Å². The Morgan fingerprint density at radius 2 is 2.08 bits per heavy atom. The van der Waals surface area contributed by atoms with Crippen molar-refractivity contribution in [3.63, 3.8) is 0 Å². The molecule has 0 atom stereocenters. The predicted octanol–water partition coefficient (Wildman–Crippen LogP) is 1.37. The van der Waals surface area contributed by atoms with Gasteiger partial charge in [-0.15, -0.1) is 0 Å². The van der Waals surface area contributed by atoms with E-state index in [9.17, 15) is 9.59 Å². The van der Waals surface area contributed by atoms with Crippen LogP contribution in [0.4, 0.5) is 11.4 Å². The Hall–Kier alpha value is -3.42. The van der Waals surface area contributed by atoms with E-state index in [-0.39, 0.29) is 18.3 Å². The second kappa shape index (κ2) is 7.43. The van der Waals surface area contributed by atoms with Crippen LogP contribution in [0.2, 0.25) is 0 Å². The van der Waals surface area contributed by atoms with E-state index in [1.54, 1.807) is 42.6 Å². The summed E-state index contributed by atoms with van der Waals surface area (Å²) in [5.74, 6) is -0.373. The molecule has 0 saturated carbocycles. The van der Waals surface area contributed by atoms with Crippen LogP contribution >= 0.6 is 0 Å². The second-order valence-corrected chi connectivity index (χ2v) is 5.08. The van der Waals surface area contributed by atoms with E-state index in [0.29, 0.717) is 23.9 Å². The monoisotopic (exact) mass is 339 g/mol. The van der Waals surface area contributed by atoms with Crippen LogP contribution in [0.3, 0.4) is 0 Å². The molecule has 8 heteroatoms. The number of carbonyl (C=O) groups excluding carboxylic acids is 2. The maximum atomic E-state index is 12.5. The van der Waals surface area contributed by atoms with Crippen LogP contribution in [0.1, 0.15) is 6.92 Å². The number of nitrogens with one attached hydrogen (secondary N) is 2. The van der Waals surface area contributed by atoms with E-state index in [1.807, 2.05) is 13.0 Å². The molecule has 2 aromatic rings. The van der Waals surface area contributed by atoms with Crippen LogP contribution < -0.4 is 20.5 Å². The molecule has 25 heavy (non-hydrogen) atoms. The van der Waals surface area contributed by atoms with E-state index >= 15 is 0 Å². The minimum Gasteiger partial charge on any atom is -0.476 e. The van der Waals surface area contributed by atoms with Crippen molar-refractivity contribution in [1.29, 1.82) is 0 Å². The molecule has 1 aromatic carbocycles. The van der Waals surface area contributed by atoms with Crippen LogP contribution in [-0.4, -0.2) is 35.8 Å². The minimum absolute atomic E-state index is 0.0368. The number of aromatic nitrogens is 1. The first-order chi connectivity index (χ1) is 12.2. The number of amidine groups is 1. The molecule has 0 fully saturated rings. The first-order valence-electron chi connectivity index (χ1n) is 7.77. The summed E-state index contributed by atoms with van der Waals surface area (Å²) in [6.45, 7) is 2.14. The predicted molar refractivity (Wildman–Crippen MR) is 93.4 cm³/mol. The average Bonchev–Trinajstić information content (AvgIpc) is 2.64. The molecule has 0 aliphatic carbocycles. The number of benzene rings is 1. The number of anilines is 2. The lowest BCUT2D eigenvalue weighted by Gasteiger charge is -2.27. The lowest BCUT2D eigenvalue weighted by atomic mass is 10.3. The first-order valence-corrected chi connectivity index (χ1v) is 7.77. The Bertz CT molecular complexity index is 807. The molecule has 2 N–H and O–H groups in total. The minimum atomic E-state index is -0.484. The third kappa shape index (κ3) is 3.74. The zero-order chi connectivity index (χ0) is 17.6. The quantitative estimate of drug-likeness (QED) is 0.858. The van der Waals surface area contributed by atoms with E-state index in [4.69, 9.17) is 4.74 Å². The van der Waals surface area contributed by atoms with Crippen molar-refractivity contribution in [2.75, 3.05) is 23.5 Å². The average molecular weight is 339 g/mol. The number of hydrogen-bond donors (Lipinski definition) is 2. The number of hydrogen-bond acceptors (Lipinski definition) is 6. The van der Waals surface area contributed by atoms with Crippen molar-refractivity contribution in [1.82, 2.24) is 10.4 Å². The SMILES string of the molecule is CCOc1ncccc1NC(=O)C1=NCC(=O)N(c2ccccc2)N1. The molecule has 1 aliphatic rings. The van der Waals surface area contributed by atoms with Crippen molar-refractivity contribution in [2.45, 2.75) is 6.92 Å². The number of nitrogens with zero attached hydrogens (tertiary/aromatic N) is 3. The number of pyridine rings is 1. The normalized spacial score (nSPS) is 13.7. The molecular formula is C17H17N5O3. The van der Waals surface area contributed by atoms with E-state index in [0.717, 1.165) is 0 Å². The Labute approximate surface area is 144 Å². The number of hydrazine groups is 1. The van der Waals surface area contributed by atoms with Crippen molar-refractivity contribution >= 4 is 29.0 Å². The molecular weight excluding hydrogens is 322 g/mol. The molecule has 0 saturated heterocycles. The largest absolute Gasteiger partial charge is 0.476 e. The molecule has 0 spiro atoms. The molecule has 1 aromatic heterocycles. The maximum absolute atomic E-state index is 12.5. The number of ether oxygens (including phenoxy) is 1. The van der Waals surface area contributed by atoms with E-state index in [2.05, 4.69) is 20.7 Å². The van der Waals surface area contributed by atoms with Gasteiger partial charge in [0, 0.05) is 6.20 Å². The molecule has 0 unspecified atom stereocenters. The summed E-state index contributed by atoms with van der Waals surface area (Å²) in [5, 5.41) is 3.99. The van der Waals surface area contributed by atoms with Crippen molar-refractivity contribution < 1.29 is 14.3 Å². The lowest BCUT2D eigenvalue weighted by Crippen LogP contribution is -2.54. The number of carbonyl (C=O) groups is 2. The van der Waals surface area contributed by atoms with Gasteiger partial charge in [0.15, 0.2) is 0 Å². The molecule has 1 aliphatic heterocycles. The Morgan fingerprint density at radius 1 is 1.28 bits per heavy atom. The summed E-state index contributed by atoms with van der Waals surface area (Å²) in [4.78, 5) is 32.6. The number of para-hydroxylation sites is 1. The fourth-order valence-electron chi connectivity index (χ4n) is 2.25. The van der Waals surface area contributed by atoms with Gasteiger partial charge in [0.05, 0.1) is 12.3 Å². The highest BCUT2D eigenvalue weighted by molar-refractivity contribution is 6.43. The Kier molecular flexibility index (Phi) is 4.89. The summed E-state index contributed by atoms with van der Waals surface area (Å²) >= 11 is 0. The first kappa shape index (κ1) is 16.4. The van der Waals surface area contributed by atoms with E-state index in [1.165, 1.54) is 5.01 Å². The third-order valence-electron chi connectivity index (χ3n) is 3.37. The smallest absolute Gasteiger partial charge is 0.292 e. The van der Waals surface area contributed by atoms with Gasteiger partial charge in [-0.25, -0.2) is 9.99 Å². The standard InChI is InChI=1S/C17H17N5O3/c1-2-25-17-13(9-6-10-18-17)20-16(24)15-19-11-14(23)22(21-15)12-7-4-3-5-8-12/h3-10H,2,11H2,1H3,(H,19,21)(H,20,24). The zero-order valence-corrected chi connectivity index (χ0v) is 13.6. The summed E-state index contributed by atoms with van der Waals surface area (Å²) in [7, 11) is 0. The number of amides is 2. The van der Waals surface area contributed by atoms with Crippen molar-refractivity contribution in [2.24, 2.45) is 4.99 Å². The Balaban J connectivity index is 1.76. The second-order valence-electron chi connectivity index (χ2n) is 5.08. The van der Waals surface area contributed by atoms with Gasteiger partial charge in [-0.05, 0) is 31.2 Å². The van der Waals surface area contributed by atoms with Gasteiger partial charge in [-0.2, -0.15) is 0 Å². The van der Waals surface area contributed by atoms with Crippen LogP contribution in [0.15, 0.2) is 53.7 Å². The van der Waals surface area contributed by atoms with Gasteiger partial charge in [0.2, 0.25) is 11.7 Å². The summed E-state index contributed by atoms with van der Waals surface area (Å²) < 4.78 is 5.38. The molecule has 8 nitrogen and oxygen atoms in total. The van der Waals surface area contributed by atoms with Crippen molar-refractivity contribution in [3.8, 4) is 5.88 Å².